The van der Waals surface area contributed by atoms with Crippen LogP contribution in [0, 0.1) is 0 Å². The summed E-state index contributed by atoms with van der Waals surface area (Å²) in [5, 5.41) is 13.0. The average Bonchev–Trinajstić information content (AvgIpc) is 2.96. The lowest BCUT2D eigenvalue weighted by atomic mass is 10.2. The van der Waals surface area contributed by atoms with E-state index in [0.717, 1.165) is 11.6 Å². The van der Waals surface area contributed by atoms with E-state index < -0.39 is 5.97 Å². The normalized spacial score (nSPS) is 10.8. The molecule has 2 aromatic rings. The largest absolute Gasteiger partial charge is 0.493 e. The van der Waals surface area contributed by atoms with Gasteiger partial charge in [0.1, 0.15) is 6.61 Å². The van der Waals surface area contributed by atoms with Crippen molar-refractivity contribution in [2.24, 2.45) is 0 Å². The van der Waals surface area contributed by atoms with Crippen LogP contribution in [0.5, 0.6) is 11.5 Å². The molecule has 0 spiro atoms. The Balaban J connectivity index is 2.22. The van der Waals surface area contributed by atoms with Crippen LogP contribution in [0.25, 0.3) is 6.08 Å². The molecule has 110 valence electrons. The highest BCUT2D eigenvalue weighted by atomic mass is 35.5. The van der Waals surface area contributed by atoms with Gasteiger partial charge in [-0.15, -0.1) is 0 Å². The Kier molecular flexibility index (Phi) is 5.25. The first kappa shape index (κ1) is 15.4. The number of carboxylic acid groups (broad SMARTS) is 1. The third kappa shape index (κ3) is 4.24. The van der Waals surface area contributed by atoms with Crippen molar-refractivity contribution < 1.29 is 19.4 Å². The highest BCUT2D eigenvalue weighted by Gasteiger charge is 2.11. The number of thiophene rings is 1. The number of benzene rings is 1. The summed E-state index contributed by atoms with van der Waals surface area (Å²) in [6.45, 7) is 0.393. The molecule has 0 fully saturated rings. The summed E-state index contributed by atoms with van der Waals surface area (Å²) in [5.74, 6) is -0.122. The molecule has 1 N–H and O–H groups in total. The van der Waals surface area contributed by atoms with Crippen molar-refractivity contribution in [3.8, 4) is 11.5 Å². The van der Waals surface area contributed by atoms with E-state index in [1.807, 2.05) is 16.8 Å². The van der Waals surface area contributed by atoms with E-state index in [1.54, 1.807) is 23.5 Å². The van der Waals surface area contributed by atoms with Gasteiger partial charge in [0, 0.05) is 6.08 Å². The lowest BCUT2D eigenvalue weighted by molar-refractivity contribution is -0.131. The van der Waals surface area contributed by atoms with Crippen molar-refractivity contribution in [3.63, 3.8) is 0 Å². The zero-order chi connectivity index (χ0) is 15.2. The third-order valence-electron chi connectivity index (χ3n) is 2.63. The molecule has 0 aliphatic rings. The predicted octanol–water partition coefficient (Wildman–Crippen LogP) is 4.09. The molecule has 1 aromatic heterocycles. The lowest BCUT2D eigenvalue weighted by Gasteiger charge is -2.12. The Morgan fingerprint density at radius 2 is 2.29 bits per heavy atom. The molecular weight excluding hydrogens is 312 g/mol. The lowest BCUT2D eigenvalue weighted by Crippen LogP contribution is -1.98. The van der Waals surface area contributed by atoms with Crippen molar-refractivity contribution in [1.82, 2.24) is 0 Å². The molecule has 4 nitrogen and oxygen atoms in total. The molecule has 2 rings (SSSR count). The van der Waals surface area contributed by atoms with Gasteiger partial charge in [0.25, 0.3) is 0 Å². The second kappa shape index (κ2) is 7.15. The Morgan fingerprint density at radius 3 is 2.90 bits per heavy atom. The van der Waals surface area contributed by atoms with Crippen LogP contribution in [-0.2, 0) is 11.4 Å². The van der Waals surface area contributed by atoms with Crippen molar-refractivity contribution in [2.75, 3.05) is 7.11 Å². The maximum Gasteiger partial charge on any atom is 0.328 e. The van der Waals surface area contributed by atoms with Crippen molar-refractivity contribution in [2.45, 2.75) is 6.61 Å². The number of hydrogen-bond acceptors (Lipinski definition) is 4. The van der Waals surface area contributed by atoms with Gasteiger partial charge < -0.3 is 14.6 Å². The third-order valence-corrected chi connectivity index (χ3v) is 3.65. The van der Waals surface area contributed by atoms with E-state index in [0.29, 0.717) is 28.7 Å². The molecule has 0 saturated carbocycles. The quantitative estimate of drug-likeness (QED) is 0.813. The molecule has 1 aromatic carbocycles. The zero-order valence-corrected chi connectivity index (χ0v) is 12.8. The van der Waals surface area contributed by atoms with Crippen molar-refractivity contribution in [1.29, 1.82) is 0 Å². The van der Waals surface area contributed by atoms with Gasteiger partial charge in [0.2, 0.25) is 0 Å². The molecule has 0 aliphatic carbocycles. The first-order valence-electron chi connectivity index (χ1n) is 6.02. The molecular formula is C15H13ClO4S. The van der Waals surface area contributed by atoms with Crippen LogP contribution in [-0.4, -0.2) is 18.2 Å². The van der Waals surface area contributed by atoms with Crippen LogP contribution in [0.1, 0.15) is 11.1 Å². The fourth-order valence-electron chi connectivity index (χ4n) is 1.67. The van der Waals surface area contributed by atoms with E-state index in [1.165, 1.54) is 13.2 Å². The highest BCUT2D eigenvalue weighted by Crippen LogP contribution is 2.37. The van der Waals surface area contributed by atoms with Crippen LogP contribution in [0.3, 0.4) is 0 Å². The maximum atomic E-state index is 10.5. The maximum absolute atomic E-state index is 10.5. The molecule has 0 radical (unpaired) electrons. The SMILES string of the molecule is COc1cc(/C=C/C(=O)O)cc(Cl)c1OCc1ccsc1. The second-order valence-electron chi connectivity index (χ2n) is 4.13. The van der Waals surface area contributed by atoms with E-state index in [4.69, 9.17) is 26.2 Å². The Morgan fingerprint density at radius 1 is 1.48 bits per heavy atom. The molecule has 6 heteroatoms. The minimum atomic E-state index is -1.03. The summed E-state index contributed by atoms with van der Waals surface area (Å²) < 4.78 is 10.9. The van der Waals surface area contributed by atoms with Gasteiger partial charge in [0.05, 0.1) is 12.1 Å². The number of methoxy groups -OCH3 is 1. The highest BCUT2D eigenvalue weighted by molar-refractivity contribution is 7.07. The van der Waals surface area contributed by atoms with Gasteiger partial charge in [-0.3, -0.25) is 0 Å². The molecule has 21 heavy (non-hydrogen) atoms. The van der Waals surface area contributed by atoms with Crippen LogP contribution in [0.4, 0.5) is 0 Å². The Labute approximate surface area is 131 Å². The number of rotatable bonds is 6. The summed E-state index contributed by atoms with van der Waals surface area (Å²) >= 11 is 7.78. The first-order valence-corrected chi connectivity index (χ1v) is 7.34. The van der Waals surface area contributed by atoms with Gasteiger partial charge in [-0.05, 0) is 46.2 Å². The number of hydrogen-bond donors (Lipinski definition) is 1. The minimum absolute atomic E-state index is 0.370. The van der Waals surface area contributed by atoms with E-state index in [2.05, 4.69) is 0 Å². The van der Waals surface area contributed by atoms with Gasteiger partial charge in [-0.25, -0.2) is 4.79 Å². The molecule has 0 atom stereocenters. The second-order valence-corrected chi connectivity index (χ2v) is 5.31. The number of aliphatic carboxylic acids is 1. The van der Waals surface area contributed by atoms with Crippen molar-refractivity contribution in [3.05, 3.63) is 51.2 Å². The topological polar surface area (TPSA) is 55.8 Å². The van der Waals surface area contributed by atoms with Crippen LogP contribution in [0.2, 0.25) is 5.02 Å². The van der Waals surface area contributed by atoms with E-state index in [-0.39, 0.29) is 0 Å². The van der Waals surface area contributed by atoms with Gasteiger partial charge in [-0.1, -0.05) is 11.6 Å². The number of carbonyl (C=O) groups is 1. The molecule has 0 bridgehead atoms. The first-order chi connectivity index (χ1) is 10.1. The van der Waals surface area contributed by atoms with Crippen molar-refractivity contribution >= 4 is 35.0 Å². The molecule has 0 amide bonds. The Bertz CT molecular complexity index is 650. The van der Waals surface area contributed by atoms with Crippen LogP contribution >= 0.6 is 22.9 Å². The summed E-state index contributed by atoms with van der Waals surface area (Å²) in [6.07, 6.45) is 2.48. The minimum Gasteiger partial charge on any atom is -0.493 e. The Hall–Kier alpha value is -1.98. The van der Waals surface area contributed by atoms with Crippen LogP contribution < -0.4 is 9.47 Å². The predicted molar refractivity (Wildman–Crippen MR) is 83.3 cm³/mol. The summed E-state index contributed by atoms with van der Waals surface area (Å²) in [7, 11) is 1.51. The van der Waals surface area contributed by atoms with E-state index >= 15 is 0 Å². The molecule has 0 saturated heterocycles. The number of halogens is 1. The van der Waals surface area contributed by atoms with Gasteiger partial charge in [-0.2, -0.15) is 11.3 Å². The fraction of sp³-hybridized carbons (Fsp3) is 0.133. The fourth-order valence-corrected chi connectivity index (χ4v) is 2.60. The summed E-state index contributed by atoms with van der Waals surface area (Å²) in [5.41, 5.74) is 1.68. The van der Waals surface area contributed by atoms with E-state index in [9.17, 15) is 4.79 Å². The zero-order valence-electron chi connectivity index (χ0n) is 11.2. The van der Waals surface area contributed by atoms with Gasteiger partial charge >= 0.3 is 5.97 Å². The summed E-state index contributed by atoms with van der Waals surface area (Å²) in [6, 6.07) is 5.27. The molecule has 1 heterocycles. The monoisotopic (exact) mass is 324 g/mol. The van der Waals surface area contributed by atoms with Gasteiger partial charge in [0.15, 0.2) is 11.5 Å². The van der Waals surface area contributed by atoms with Crippen LogP contribution in [0.15, 0.2) is 35.0 Å². The molecule has 0 unspecified atom stereocenters. The standard InChI is InChI=1S/C15H13ClO4S/c1-19-13-7-10(2-3-14(17)18)6-12(16)15(13)20-8-11-4-5-21-9-11/h2-7,9H,8H2,1H3,(H,17,18)/b3-2+. The number of carboxylic acids is 1. The number of ether oxygens (including phenoxy) is 2. The smallest absolute Gasteiger partial charge is 0.328 e. The summed E-state index contributed by atoms with van der Waals surface area (Å²) in [4.78, 5) is 10.5. The molecule has 0 aliphatic heterocycles. The average molecular weight is 325 g/mol.